The smallest absolute Gasteiger partial charge is 0.295 e. The van der Waals surface area contributed by atoms with Crippen molar-refractivity contribution in [3.8, 4) is 0 Å². The van der Waals surface area contributed by atoms with Gasteiger partial charge < -0.3 is 5.11 Å². The molecule has 0 unspecified atom stereocenters. The molecule has 1 N–H and O–H groups in total. The van der Waals surface area contributed by atoms with E-state index in [1.807, 2.05) is 6.07 Å². The number of Topliss-reactive ketones (excluding diaryl/α,β-unsaturated/α-hetero) is 1. The molecule has 0 heterocycles. The van der Waals surface area contributed by atoms with Gasteiger partial charge >= 0.3 is 0 Å². The van der Waals surface area contributed by atoms with Gasteiger partial charge in [-0.15, -0.1) is 0 Å². The highest BCUT2D eigenvalue weighted by Gasteiger charge is 2.17. The molecule has 0 aliphatic carbocycles. The van der Waals surface area contributed by atoms with Crippen LogP contribution < -0.4 is 0 Å². The van der Waals surface area contributed by atoms with Crippen molar-refractivity contribution in [2.45, 2.75) is 13.3 Å². The summed E-state index contributed by atoms with van der Waals surface area (Å²) in [4.78, 5) is 11.1. The Balaban J connectivity index is 2.82. The number of halogens is 2. The van der Waals surface area contributed by atoms with Crippen LogP contribution in [0.5, 0.6) is 0 Å². The van der Waals surface area contributed by atoms with Crippen LogP contribution in [0.15, 0.2) is 51.9 Å². The molecule has 100 valence electrons. The van der Waals surface area contributed by atoms with Gasteiger partial charge in [-0.05, 0) is 12.5 Å². The molecule has 0 aromatic heterocycles. The van der Waals surface area contributed by atoms with Crippen LogP contribution in [-0.2, 0) is 4.79 Å². The molecule has 0 fully saturated rings. The molecule has 1 aromatic carbocycles. The number of ketones is 1. The number of aliphatic hydroxyl groups excluding tert-OH is 1. The van der Waals surface area contributed by atoms with Crippen LogP contribution in [0, 0.1) is 0 Å². The van der Waals surface area contributed by atoms with Gasteiger partial charge in [0.2, 0.25) is 0 Å². The van der Waals surface area contributed by atoms with E-state index in [1.165, 1.54) is 6.21 Å². The molecule has 1 rings (SSSR count). The highest BCUT2D eigenvalue weighted by Crippen LogP contribution is 2.10. The summed E-state index contributed by atoms with van der Waals surface area (Å²) < 4.78 is 24.5. The van der Waals surface area contributed by atoms with Crippen molar-refractivity contribution in [3.63, 3.8) is 0 Å². The summed E-state index contributed by atoms with van der Waals surface area (Å²) in [7, 11) is 0. The number of carbonyl (C=O) groups excluding carboxylic acids is 1. The number of alkyl halides is 2. The summed E-state index contributed by atoms with van der Waals surface area (Å²) in [5.74, 6) is -2.01. The molecule has 0 aliphatic heterocycles. The van der Waals surface area contributed by atoms with Gasteiger partial charge in [-0.3, -0.25) is 4.79 Å². The summed E-state index contributed by atoms with van der Waals surface area (Å²) in [5.41, 5.74) is 0.214. The van der Waals surface area contributed by atoms with E-state index >= 15 is 0 Å². The van der Waals surface area contributed by atoms with Crippen LogP contribution in [-0.4, -0.2) is 29.7 Å². The third-order valence-electron chi connectivity index (χ3n) is 2.12. The van der Waals surface area contributed by atoms with E-state index in [1.54, 1.807) is 24.3 Å². The first-order valence-corrected chi connectivity index (χ1v) is 5.36. The predicted molar refractivity (Wildman–Crippen MR) is 68.9 cm³/mol. The van der Waals surface area contributed by atoms with Crippen LogP contribution in [0.3, 0.4) is 0 Å². The second kappa shape index (κ2) is 7.15. The van der Waals surface area contributed by atoms with Gasteiger partial charge in [-0.2, -0.15) is 10.2 Å². The van der Waals surface area contributed by atoms with Gasteiger partial charge in [0.25, 0.3) is 6.43 Å². The minimum Gasteiger partial charge on any atom is -0.506 e. The Morgan fingerprint density at radius 3 is 2.42 bits per heavy atom. The minimum absolute atomic E-state index is 0.555. The maximum Gasteiger partial charge on any atom is 0.295 e. The highest BCUT2D eigenvalue weighted by atomic mass is 19.3. The van der Waals surface area contributed by atoms with Gasteiger partial charge in [0, 0.05) is 0 Å². The summed E-state index contributed by atoms with van der Waals surface area (Å²) in [6.07, 6.45) is -0.917. The molecule has 0 radical (unpaired) electrons. The van der Waals surface area contributed by atoms with E-state index in [-0.39, 0.29) is 0 Å². The zero-order valence-electron chi connectivity index (χ0n) is 10.1. The fourth-order valence-corrected chi connectivity index (χ4v) is 1.19. The van der Waals surface area contributed by atoms with E-state index < -0.39 is 23.5 Å². The maximum atomic E-state index is 12.3. The molecule has 19 heavy (non-hydrogen) atoms. The van der Waals surface area contributed by atoms with Crippen LogP contribution in [0.25, 0.3) is 0 Å². The number of rotatable bonds is 5. The van der Waals surface area contributed by atoms with Crippen LogP contribution in [0.2, 0.25) is 0 Å². The van der Waals surface area contributed by atoms with Crippen molar-refractivity contribution in [3.05, 3.63) is 47.2 Å². The number of benzene rings is 1. The molecule has 0 saturated heterocycles. The van der Waals surface area contributed by atoms with Gasteiger partial charge in [-0.1, -0.05) is 30.3 Å². The molecular formula is C13H12F2N2O2. The Morgan fingerprint density at radius 1 is 1.26 bits per heavy atom. The summed E-state index contributed by atoms with van der Waals surface area (Å²) in [5, 5.41) is 16.1. The first-order chi connectivity index (χ1) is 9.02. The Hall–Kier alpha value is -2.37. The zero-order valence-corrected chi connectivity index (χ0v) is 10.1. The first-order valence-electron chi connectivity index (χ1n) is 5.36. The monoisotopic (exact) mass is 266 g/mol. The Bertz CT molecular complexity index is 523. The lowest BCUT2D eigenvalue weighted by Crippen LogP contribution is -2.08. The summed E-state index contributed by atoms with van der Waals surface area (Å²) in [6.45, 7) is 1.06. The zero-order chi connectivity index (χ0) is 14.3. The maximum absolute atomic E-state index is 12.3. The summed E-state index contributed by atoms with van der Waals surface area (Å²) >= 11 is 0. The second-order valence-corrected chi connectivity index (χ2v) is 3.56. The first kappa shape index (κ1) is 14.7. The lowest BCUT2D eigenvalue weighted by atomic mass is 10.2. The van der Waals surface area contributed by atoms with E-state index in [9.17, 15) is 13.6 Å². The third kappa shape index (κ3) is 4.79. The van der Waals surface area contributed by atoms with Gasteiger partial charge in [0.05, 0.1) is 18.0 Å². The van der Waals surface area contributed by atoms with Crippen molar-refractivity contribution in [1.82, 2.24) is 0 Å². The molecule has 1 aromatic rings. The fraction of sp³-hybridized carbons (Fsp3) is 0.154. The lowest BCUT2D eigenvalue weighted by molar-refractivity contribution is -0.113. The SMILES string of the molecule is CC(=O)C(C=N/N=C/c1ccccc1)=C(O)C(F)F. The largest absolute Gasteiger partial charge is 0.506 e. The van der Waals surface area contributed by atoms with Crippen molar-refractivity contribution < 1.29 is 18.7 Å². The average Bonchev–Trinajstić information content (AvgIpc) is 2.38. The van der Waals surface area contributed by atoms with Crippen LogP contribution in [0.1, 0.15) is 12.5 Å². The number of aliphatic hydroxyl groups is 1. The quantitative estimate of drug-likeness (QED) is 0.385. The molecule has 0 saturated carbocycles. The second-order valence-electron chi connectivity index (χ2n) is 3.56. The standard InChI is InChI=1S/C13H12F2N2O2/c1-9(18)11(12(19)13(14)15)8-17-16-7-10-5-3-2-4-6-10/h2-8,13,19H,1H3/b12-11?,16-7+,17-8?. The summed E-state index contributed by atoms with van der Waals surface area (Å²) in [6, 6.07) is 8.98. The lowest BCUT2D eigenvalue weighted by Gasteiger charge is -2.00. The number of hydrogen-bond donors (Lipinski definition) is 1. The molecule has 0 atom stereocenters. The van der Waals surface area contributed by atoms with E-state index in [0.717, 1.165) is 18.7 Å². The molecular weight excluding hydrogens is 254 g/mol. The van der Waals surface area contributed by atoms with Crippen molar-refractivity contribution in [1.29, 1.82) is 0 Å². The van der Waals surface area contributed by atoms with Crippen LogP contribution >= 0.6 is 0 Å². The van der Waals surface area contributed by atoms with Crippen molar-refractivity contribution in [2.75, 3.05) is 0 Å². The van der Waals surface area contributed by atoms with E-state index in [2.05, 4.69) is 10.2 Å². The third-order valence-corrected chi connectivity index (χ3v) is 2.12. The van der Waals surface area contributed by atoms with Gasteiger partial charge in [0.1, 0.15) is 0 Å². The number of carbonyl (C=O) groups is 1. The number of nitrogens with zero attached hydrogens (tertiary/aromatic N) is 2. The molecule has 4 nitrogen and oxygen atoms in total. The molecule has 0 spiro atoms. The Morgan fingerprint density at radius 2 is 1.89 bits per heavy atom. The molecule has 0 bridgehead atoms. The van der Waals surface area contributed by atoms with Crippen LogP contribution in [0.4, 0.5) is 8.78 Å². The van der Waals surface area contributed by atoms with Crippen molar-refractivity contribution >= 4 is 18.2 Å². The fourth-order valence-electron chi connectivity index (χ4n) is 1.19. The van der Waals surface area contributed by atoms with E-state index in [4.69, 9.17) is 5.11 Å². The van der Waals surface area contributed by atoms with Gasteiger partial charge in [-0.25, -0.2) is 8.78 Å². The average molecular weight is 266 g/mol. The molecule has 0 amide bonds. The van der Waals surface area contributed by atoms with Gasteiger partial charge in [0.15, 0.2) is 11.5 Å². The topological polar surface area (TPSA) is 62.0 Å². The van der Waals surface area contributed by atoms with E-state index in [0.29, 0.717) is 0 Å². The molecule has 6 heteroatoms. The molecule has 0 aliphatic rings. The Kier molecular flexibility index (Phi) is 5.53. The Labute approximate surface area is 108 Å². The minimum atomic E-state index is -3.12. The number of allylic oxidation sites excluding steroid dienone is 2. The highest BCUT2D eigenvalue weighted by molar-refractivity contribution is 6.12. The van der Waals surface area contributed by atoms with Crippen molar-refractivity contribution in [2.24, 2.45) is 10.2 Å². The number of hydrogen-bond acceptors (Lipinski definition) is 4. The predicted octanol–water partition coefficient (Wildman–Crippen LogP) is 2.76. The normalized spacial score (nSPS) is 13.3.